The summed E-state index contributed by atoms with van der Waals surface area (Å²) in [5.41, 5.74) is 0. The zero-order chi connectivity index (χ0) is 16.5. The third-order valence-electron chi connectivity index (χ3n) is 3.56. The number of epoxide rings is 1. The van der Waals surface area contributed by atoms with E-state index < -0.39 is 18.2 Å². The zero-order valence-electron chi connectivity index (χ0n) is 13.8. The van der Waals surface area contributed by atoms with Gasteiger partial charge in [-0.1, -0.05) is 40.0 Å². The highest BCUT2D eigenvalue weighted by Gasteiger charge is 2.51. The predicted octanol–water partition coefficient (Wildman–Crippen LogP) is 1.97. The summed E-state index contributed by atoms with van der Waals surface area (Å²) in [6, 6.07) is -0.0997. The van der Waals surface area contributed by atoms with E-state index in [1.807, 2.05) is 0 Å². The van der Waals surface area contributed by atoms with Gasteiger partial charge in [-0.25, -0.2) is 4.79 Å². The summed E-state index contributed by atoms with van der Waals surface area (Å²) in [7, 11) is 0. The summed E-state index contributed by atoms with van der Waals surface area (Å²) in [5.74, 6) is -1.02. The van der Waals surface area contributed by atoms with Gasteiger partial charge in [0.25, 0.3) is 5.91 Å². The van der Waals surface area contributed by atoms with Crippen molar-refractivity contribution in [3.63, 3.8) is 0 Å². The van der Waals surface area contributed by atoms with Gasteiger partial charge in [0, 0.05) is 6.61 Å². The molecule has 0 radical (unpaired) electrons. The van der Waals surface area contributed by atoms with E-state index in [4.69, 9.17) is 14.6 Å². The minimum Gasteiger partial charge on any atom is -0.479 e. The summed E-state index contributed by atoms with van der Waals surface area (Å²) in [4.78, 5) is 22.6. The van der Waals surface area contributed by atoms with Gasteiger partial charge < -0.3 is 19.9 Å². The van der Waals surface area contributed by atoms with Gasteiger partial charge in [-0.15, -0.1) is 0 Å². The fraction of sp³-hybridized carbons (Fsp3) is 0.875. The molecule has 0 bridgehead atoms. The number of amides is 1. The minimum absolute atomic E-state index is 0.0997. The molecule has 0 aromatic rings. The molecule has 1 saturated heterocycles. The maximum atomic E-state index is 11.9. The number of unbranched alkanes of at least 4 members (excludes halogenated alkanes) is 3. The average Bonchev–Trinajstić information content (AvgIpc) is 3.22. The van der Waals surface area contributed by atoms with E-state index in [0.717, 1.165) is 19.3 Å². The molecule has 22 heavy (non-hydrogen) atoms. The van der Waals surface area contributed by atoms with Crippen molar-refractivity contribution in [1.29, 1.82) is 0 Å². The SMILES string of the molecule is CCCCCCOCC(CC(C)C)NC(=O)[C@H]1O[C@@H]1C(=O)O. The van der Waals surface area contributed by atoms with Crippen LogP contribution in [0.5, 0.6) is 0 Å². The second kappa shape index (κ2) is 9.79. The monoisotopic (exact) mass is 315 g/mol. The Kier molecular flexibility index (Phi) is 8.42. The number of nitrogens with one attached hydrogen (secondary N) is 1. The number of hydrogen-bond acceptors (Lipinski definition) is 4. The van der Waals surface area contributed by atoms with Gasteiger partial charge in [0.15, 0.2) is 12.2 Å². The van der Waals surface area contributed by atoms with Crippen molar-refractivity contribution < 1.29 is 24.2 Å². The quantitative estimate of drug-likeness (QED) is 0.424. The topological polar surface area (TPSA) is 88.2 Å². The first-order chi connectivity index (χ1) is 10.5. The molecule has 6 heteroatoms. The maximum Gasteiger partial charge on any atom is 0.336 e. The molecule has 0 saturated carbocycles. The molecule has 0 aliphatic carbocycles. The van der Waals surface area contributed by atoms with Gasteiger partial charge in [0.2, 0.25) is 0 Å². The van der Waals surface area contributed by atoms with Crippen LogP contribution in [0.25, 0.3) is 0 Å². The van der Waals surface area contributed by atoms with E-state index in [1.54, 1.807) is 0 Å². The Bertz CT molecular complexity index is 358. The van der Waals surface area contributed by atoms with E-state index in [9.17, 15) is 9.59 Å². The van der Waals surface area contributed by atoms with Gasteiger partial charge in [-0.3, -0.25) is 4.79 Å². The predicted molar refractivity (Wildman–Crippen MR) is 82.6 cm³/mol. The molecule has 1 fully saturated rings. The van der Waals surface area contributed by atoms with Gasteiger partial charge in [0.1, 0.15) is 0 Å². The van der Waals surface area contributed by atoms with E-state index in [-0.39, 0.29) is 11.9 Å². The van der Waals surface area contributed by atoms with Crippen molar-refractivity contribution in [2.24, 2.45) is 5.92 Å². The lowest BCUT2D eigenvalue weighted by Crippen LogP contribution is -2.42. The highest BCUT2D eigenvalue weighted by Crippen LogP contribution is 2.22. The first kappa shape index (κ1) is 18.9. The molecule has 0 aromatic heterocycles. The van der Waals surface area contributed by atoms with Crippen LogP contribution in [-0.4, -0.2) is 48.4 Å². The third kappa shape index (κ3) is 7.22. The van der Waals surface area contributed by atoms with Crippen molar-refractivity contribution in [2.45, 2.75) is 71.1 Å². The Labute approximate surface area is 132 Å². The van der Waals surface area contributed by atoms with Crippen molar-refractivity contribution in [3.8, 4) is 0 Å². The lowest BCUT2D eigenvalue weighted by molar-refractivity contribution is -0.138. The molecule has 1 unspecified atom stereocenters. The summed E-state index contributed by atoms with van der Waals surface area (Å²) in [6.07, 6.45) is 3.55. The van der Waals surface area contributed by atoms with Gasteiger partial charge >= 0.3 is 5.97 Å². The van der Waals surface area contributed by atoms with Crippen molar-refractivity contribution >= 4 is 11.9 Å². The lowest BCUT2D eigenvalue weighted by Gasteiger charge is -2.20. The van der Waals surface area contributed by atoms with Crippen LogP contribution in [-0.2, 0) is 19.1 Å². The molecule has 0 aromatic carbocycles. The van der Waals surface area contributed by atoms with E-state index in [0.29, 0.717) is 19.1 Å². The molecule has 1 aliphatic heterocycles. The van der Waals surface area contributed by atoms with Crippen molar-refractivity contribution in [2.75, 3.05) is 13.2 Å². The van der Waals surface area contributed by atoms with Crippen molar-refractivity contribution in [1.82, 2.24) is 5.32 Å². The van der Waals surface area contributed by atoms with Crippen molar-refractivity contribution in [3.05, 3.63) is 0 Å². The molecule has 3 atom stereocenters. The Morgan fingerprint density at radius 2 is 1.95 bits per heavy atom. The third-order valence-corrected chi connectivity index (χ3v) is 3.56. The molecule has 0 spiro atoms. The Balaban J connectivity index is 2.28. The van der Waals surface area contributed by atoms with Crippen LogP contribution in [0.3, 0.4) is 0 Å². The zero-order valence-corrected chi connectivity index (χ0v) is 13.8. The number of carbonyl (C=O) groups excluding carboxylic acids is 1. The molecule has 1 amide bonds. The number of ether oxygens (including phenoxy) is 2. The number of carboxylic acid groups (broad SMARTS) is 1. The smallest absolute Gasteiger partial charge is 0.336 e. The van der Waals surface area contributed by atoms with Crippen LogP contribution in [0.2, 0.25) is 0 Å². The average molecular weight is 315 g/mol. The molecule has 1 heterocycles. The number of rotatable bonds is 12. The normalized spacial score (nSPS) is 21.6. The van der Waals surface area contributed by atoms with Crippen LogP contribution in [0, 0.1) is 5.92 Å². The number of carboxylic acids is 1. The first-order valence-corrected chi connectivity index (χ1v) is 8.22. The first-order valence-electron chi connectivity index (χ1n) is 8.22. The van der Waals surface area contributed by atoms with E-state index >= 15 is 0 Å². The van der Waals surface area contributed by atoms with Crippen LogP contribution in [0.15, 0.2) is 0 Å². The fourth-order valence-electron chi connectivity index (χ4n) is 2.38. The van der Waals surface area contributed by atoms with Gasteiger partial charge in [0.05, 0.1) is 12.6 Å². The second-order valence-electron chi connectivity index (χ2n) is 6.29. The highest BCUT2D eigenvalue weighted by molar-refractivity contribution is 5.92. The fourth-order valence-corrected chi connectivity index (χ4v) is 2.38. The summed E-state index contributed by atoms with van der Waals surface area (Å²) in [5, 5.41) is 11.6. The number of aliphatic carboxylic acids is 1. The lowest BCUT2D eigenvalue weighted by atomic mass is 10.0. The molecular formula is C16H29NO5. The van der Waals surface area contributed by atoms with Gasteiger partial charge in [-0.05, 0) is 18.8 Å². The standard InChI is InChI=1S/C16H29NO5/c1-4-5-6-7-8-21-10-12(9-11(2)3)17-15(18)13-14(22-13)16(19)20/h11-14H,4-10H2,1-3H3,(H,17,18)(H,19,20)/t12?,13-,14-/m0/s1. The van der Waals surface area contributed by atoms with Gasteiger partial charge in [-0.2, -0.15) is 0 Å². The second-order valence-corrected chi connectivity index (χ2v) is 6.29. The summed E-state index contributed by atoms with van der Waals surface area (Å²) in [6.45, 7) is 7.48. The molecule has 1 rings (SSSR count). The number of carbonyl (C=O) groups is 2. The number of hydrogen-bond donors (Lipinski definition) is 2. The van der Waals surface area contributed by atoms with E-state index in [2.05, 4.69) is 26.1 Å². The van der Waals surface area contributed by atoms with E-state index in [1.165, 1.54) is 12.8 Å². The summed E-state index contributed by atoms with van der Waals surface area (Å²) >= 11 is 0. The molecule has 128 valence electrons. The van der Waals surface area contributed by atoms with Crippen LogP contribution < -0.4 is 5.32 Å². The summed E-state index contributed by atoms with van der Waals surface area (Å²) < 4.78 is 10.5. The Hall–Kier alpha value is -1.14. The molecule has 1 aliphatic rings. The van der Waals surface area contributed by atoms with Crippen LogP contribution >= 0.6 is 0 Å². The Morgan fingerprint density at radius 3 is 2.50 bits per heavy atom. The Morgan fingerprint density at radius 1 is 1.23 bits per heavy atom. The molecule has 2 N–H and O–H groups in total. The maximum absolute atomic E-state index is 11.9. The van der Waals surface area contributed by atoms with Crippen LogP contribution in [0.4, 0.5) is 0 Å². The molecular weight excluding hydrogens is 286 g/mol. The largest absolute Gasteiger partial charge is 0.479 e. The minimum atomic E-state index is -1.09. The molecule has 6 nitrogen and oxygen atoms in total. The highest BCUT2D eigenvalue weighted by atomic mass is 16.6. The van der Waals surface area contributed by atoms with Crippen LogP contribution in [0.1, 0.15) is 52.9 Å².